The molecular weight excluding hydrogens is 509 g/mol. The monoisotopic (exact) mass is 546 g/mol. The molecular formula is C29H37F3N4O3. The molecule has 0 bridgehead atoms. The third-order valence-corrected chi connectivity index (χ3v) is 7.15. The maximum absolute atomic E-state index is 12.9. The maximum Gasteiger partial charge on any atom is 0.416 e. The molecule has 2 atom stereocenters. The number of ether oxygens (including phenoxy) is 1. The number of carbonyl (C=O) groups excluding carboxylic acids is 1. The summed E-state index contributed by atoms with van der Waals surface area (Å²) in [6.45, 7) is 9.99. The van der Waals surface area contributed by atoms with Gasteiger partial charge in [-0.25, -0.2) is 4.98 Å². The van der Waals surface area contributed by atoms with Crippen LogP contribution in [0.25, 0.3) is 0 Å². The van der Waals surface area contributed by atoms with Crippen molar-refractivity contribution in [1.29, 1.82) is 0 Å². The molecule has 1 amide bonds. The van der Waals surface area contributed by atoms with E-state index in [0.717, 1.165) is 34.6 Å². The van der Waals surface area contributed by atoms with Crippen LogP contribution in [0.2, 0.25) is 0 Å². The molecule has 1 unspecified atom stereocenters. The highest BCUT2D eigenvalue weighted by molar-refractivity contribution is 5.94. The molecule has 0 aliphatic carbocycles. The molecule has 0 fully saturated rings. The number of aliphatic hydroxyl groups is 1. The molecule has 39 heavy (non-hydrogen) atoms. The molecule has 1 heterocycles. The highest BCUT2D eigenvalue weighted by Gasteiger charge is 2.30. The lowest BCUT2D eigenvalue weighted by molar-refractivity contribution is -0.137. The van der Waals surface area contributed by atoms with E-state index < -0.39 is 17.8 Å². The Morgan fingerprint density at radius 1 is 1.10 bits per heavy atom. The van der Waals surface area contributed by atoms with E-state index >= 15 is 0 Å². The van der Waals surface area contributed by atoms with Crippen molar-refractivity contribution in [3.63, 3.8) is 0 Å². The van der Waals surface area contributed by atoms with Crippen LogP contribution < -0.4 is 4.74 Å². The molecule has 3 aromatic rings. The summed E-state index contributed by atoms with van der Waals surface area (Å²) < 4.78 is 46.3. The molecule has 3 rings (SSSR count). The zero-order chi connectivity index (χ0) is 28.7. The molecule has 0 radical (unpaired) electrons. The van der Waals surface area contributed by atoms with E-state index in [1.807, 2.05) is 40.0 Å². The van der Waals surface area contributed by atoms with E-state index in [1.54, 1.807) is 28.2 Å². The van der Waals surface area contributed by atoms with E-state index in [2.05, 4.69) is 16.8 Å². The molecule has 7 nitrogen and oxygen atoms in total. The fraction of sp³-hybridized carbons (Fsp3) is 0.448. The van der Waals surface area contributed by atoms with Crippen LogP contribution in [0.1, 0.15) is 52.5 Å². The first-order chi connectivity index (χ1) is 18.4. The first-order valence-corrected chi connectivity index (χ1v) is 13.0. The number of carbonyl (C=O) groups is 1. The topological polar surface area (TPSA) is 70.8 Å². The second-order valence-electron chi connectivity index (χ2n) is 9.74. The summed E-state index contributed by atoms with van der Waals surface area (Å²) in [5, 5.41) is 10.3. The second-order valence-corrected chi connectivity index (χ2v) is 9.74. The van der Waals surface area contributed by atoms with Gasteiger partial charge in [0.2, 0.25) is 0 Å². The lowest BCUT2D eigenvalue weighted by Gasteiger charge is -2.30. The molecule has 0 aliphatic heterocycles. The number of amides is 1. The second kappa shape index (κ2) is 13.1. The molecule has 1 aromatic heterocycles. The van der Waals surface area contributed by atoms with Crippen LogP contribution in [0, 0.1) is 13.8 Å². The van der Waals surface area contributed by atoms with E-state index in [1.165, 1.54) is 12.1 Å². The van der Waals surface area contributed by atoms with Crippen molar-refractivity contribution in [2.45, 2.75) is 52.6 Å². The average molecular weight is 547 g/mol. The van der Waals surface area contributed by atoms with Gasteiger partial charge in [0.15, 0.2) is 0 Å². The Morgan fingerprint density at radius 3 is 2.38 bits per heavy atom. The lowest BCUT2D eigenvalue weighted by Crippen LogP contribution is -2.38. The van der Waals surface area contributed by atoms with E-state index in [4.69, 9.17) is 4.74 Å². The lowest BCUT2D eigenvalue weighted by atomic mass is 9.97. The number of hydrogen-bond donors (Lipinski definition) is 1. The number of imidazole rings is 1. The highest BCUT2D eigenvalue weighted by Crippen LogP contribution is 2.31. The van der Waals surface area contributed by atoms with E-state index in [9.17, 15) is 23.1 Å². The Balaban J connectivity index is 1.58. The number of aliphatic hydroxyl groups excluding tert-OH is 1. The summed E-state index contributed by atoms with van der Waals surface area (Å²) in [4.78, 5) is 20.7. The van der Waals surface area contributed by atoms with Crippen molar-refractivity contribution in [1.82, 2.24) is 19.4 Å². The Kier molecular flexibility index (Phi) is 10.2. The minimum atomic E-state index is -4.44. The normalized spacial score (nSPS) is 13.4. The molecule has 0 saturated carbocycles. The highest BCUT2D eigenvalue weighted by atomic mass is 19.4. The summed E-state index contributed by atoms with van der Waals surface area (Å²) in [5.41, 5.74) is 2.67. The van der Waals surface area contributed by atoms with Crippen LogP contribution >= 0.6 is 0 Å². The van der Waals surface area contributed by atoms with Crippen LogP contribution in [0.3, 0.4) is 0 Å². The Bertz CT molecular complexity index is 1210. The van der Waals surface area contributed by atoms with Crippen LogP contribution in [-0.2, 0) is 12.7 Å². The van der Waals surface area contributed by atoms with Gasteiger partial charge in [0.25, 0.3) is 5.91 Å². The van der Waals surface area contributed by atoms with Gasteiger partial charge >= 0.3 is 6.18 Å². The van der Waals surface area contributed by atoms with Gasteiger partial charge in [-0.1, -0.05) is 6.07 Å². The van der Waals surface area contributed by atoms with Crippen molar-refractivity contribution in [3.05, 3.63) is 82.9 Å². The van der Waals surface area contributed by atoms with Crippen molar-refractivity contribution in [3.8, 4) is 5.75 Å². The van der Waals surface area contributed by atoms with Crippen LogP contribution in [0.15, 0.2) is 55.1 Å². The standard InChI is InChI=1S/C29H37F3N4O3/c1-6-36(28(38)23-7-9-24(10-8-23)29(30,31)32)16-15-34(5)22(4)26-11-12-27(21(3)20(26)2)39-18-25(37)17-35-14-13-33-19-35/h7-14,19,22,25,37H,6,15-18H2,1-5H3/t22?,25-/m1/s1. The van der Waals surface area contributed by atoms with Gasteiger partial charge < -0.3 is 19.3 Å². The molecule has 0 spiro atoms. The fourth-order valence-corrected chi connectivity index (χ4v) is 4.40. The molecule has 2 aromatic carbocycles. The largest absolute Gasteiger partial charge is 0.491 e. The van der Waals surface area contributed by atoms with Gasteiger partial charge in [0.05, 0.1) is 18.4 Å². The number of aromatic nitrogens is 2. The van der Waals surface area contributed by atoms with Gasteiger partial charge in [-0.3, -0.25) is 9.69 Å². The minimum absolute atomic E-state index is 0.0458. The SMILES string of the molecule is CCN(CCN(C)C(C)c1ccc(OC[C@H](O)Cn2ccnc2)c(C)c1C)C(=O)c1ccc(C(F)(F)F)cc1. The molecule has 0 saturated heterocycles. The molecule has 212 valence electrons. The summed E-state index contributed by atoms with van der Waals surface area (Å²) in [6.07, 6.45) is -0.0101. The number of hydrogen-bond acceptors (Lipinski definition) is 5. The van der Waals surface area contributed by atoms with Crippen LogP contribution in [-0.4, -0.2) is 69.8 Å². The number of benzene rings is 2. The maximum atomic E-state index is 12.9. The summed E-state index contributed by atoms with van der Waals surface area (Å²) in [6, 6.07) is 8.32. The predicted octanol–water partition coefficient (Wildman–Crippen LogP) is 5.11. The van der Waals surface area contributed by atoms with Crippen LogP contribution in [0.4, 0.5) is 13.2 Å². The smallest absolute Gasteiger partial charge is 0.416 e. The van der Waals surface area contributed by atoms with E-state index in [0.29, 0.717) is 26.2 Å². The number of nitrogens with zero attached hydrogens (tertiary/aromatic N) is 4. The minimum Gasteiger partial charge on any atom is -0.491 e. The first-order valence-electron chi connectivity index (χ1n) is 13.0. The van der Waals surface area contributed by atoms with Gasteiger partial charge in [-0.05, 0) is 81.8 Å². The fourth-order valence-electron chi connectivity index (χ4n) is 4.40. The Labute approximate surface area is 227 Å². The number of likely N-dealkylation sites (N-methyl/N-ethyl adjacent to an activating group) is 2. The van der Waals surface area contributed by atoms with Gasteiger partial charge in [0.1, 0.15) is 18.5 Å². The summed E-state index contributed by atoms with van der Waals surface area (Å²) in [7, 11) is 1.98. The van der Waals surface area contributed by atoms with Gasteiger partial charge in [-0.2, -0.15) is 13.2 Å². The third-order valence-electron chi connectivity index (χ3n) is 7.15. The van der Waals surface area contributed by atoms with Crippen molar-refractivity contribution in [2.24, 2.45) is 0 Å². The van der Waals surface area contributed by atoms with Gasteiger partial charge in [0, 0.05) is 43.6 Å². The molecule has 10 heteroatoms. The molecule has 1 N–H and O–H groups in total. The number of alkyl halides is 3. The zero-order valence-corrected chi connectivity index (χ0v) is 23.1. The van der Waals surface area contributed by atoms with E-state index in [-0.39, 0.29) is 24.1 Å². The Hall–Kier alpha value is -3.37. The van der Waals surface area contributed by atoms with Crippen molar-refractivity contribution < 1.29 is 27.8 Å². The average Bonchev–Trinajstić information content (AvgIpc) is 3.41. The summed E-state index contributed by atoms with van der Waals surface area (Å²) in [5.74, 6) is 0.422. The predicted molar refractivity (Wildman–Crippen MR) is 144 cm³/mol. The van der Waals surface area contributed by atoms with Crippen molar-refractivity contribution in [2.75, 3.05) is 33.3 Å². The quantitative estimate of drug-likeness (QED) is 0.342. The van der Waals surface area contributed by atoms with Crippen LogP contribution in [0.5, 0.6) is 5.75 Å². The van der Waals surface area contributed by atoms with Gasteiger partial charge in [-0.15, -0.1) is 0 Å². The zero-order valence-electron chi connectivity index (χ0n) is 23.1. The Morgan fingerprint density at radius 2 is 1.79 bits per heavy atom. The number of rotatable bonds is 12. The molecule has 0 aliphatic rings. The third kappa shape index (κ3) is 7.83. The summed E-state index contributed by atoms with van der Waals surface area (Å²) >= 11 is 0. The number of halogens is 3. The first kappa shape index (κ1) is 30.2. The van der Waals surface area contributed by atoms with Crippen molar-refractivity contribution >= 4 is 5.91 Å².